The number of aromatic nitrogens is 2. The van der Waals surface area contributed by atoms with Crippen LogP contribution in [0.3, 0.4) is 0 Å². The summed E-state index contributed by atoms with van der Waals surface area (Å²) in [6, 6.07) is 1.06. The predicted octanol–water partition coefficient (Wildman–Crippen LogP) is 0.0842. The van der Waals surface area contributed by atoms with Gasteiger partial charge in [0, 0.05) is 6.20 Å². The number of nitrogens with one attached hydrogen (secondary N) is 1. The van der Waals surface area contributed by atoms with Crippen LogP contribution in [0.15, 0.2) is 12.3 Å². The quantitative estimate of drug-likeness (QED) is 0.569. The highest BCUT2D eigenvalue weighted by Crippen LogP contribution is 2.03. The Morgan fingerprint density at radius 1 is 1.69 bits per heavy atom. The third-order valence-electron chi connectivity index (χ3n) is 1.81. The minimum Gasteiger partial charge on any atom is -0.467 e. The number of nitrogens with two attached hydrogens (primary N) is 1. The van der Waals surface area contributed by atoms with Gasteiger partial charge in [0.05, 0.1) is 7.11 Å². The molecule has 0 saturated carbocycles. The molecule has 0 aliphatic carbocycles. The van der Waals surface area contributed by atoms with Gasteiger partial charge in [0.1, 0.15) is 16.7 Å². The first-order chi connectivity index (χ1) is 7.54. The van der Waals surface area contributed by atoms with Crippen molar-refractivity contribution in [3.05, 3.63) is 18.0 Å². The molecule has 1 rings (SSSR count). The van der Waals surface area contributed by atoms with Gasteiger partial charge in [-0.1, -0.05) is 12.2 Å². The summed E-state index contributed by atoms with van der Waals surface area (Å²) >= 11 is 4.78. The number of esters is 1. The smallest absolute Gasteiger partial charge is 0.328 e. The van der Waals surface area contributed by atoms with E-state index in [1.54, 1.807) is 13.0 Å². The number of rotatable bonds is 4. The van der Waals surface area contributed by atoms with E-state index in [2.05, 4.69) is 20.0 Å². The summed E-state index contributed by atoms with van der Waals surface area (Å²) in [7, 11) is 1.31. The molecule has 1 aromatic heterocycles. The molecule has 0 saturated heterocycles. The fraction of sp³-hybridized carbons (Fsp3) is 0.333. The molecule has 0 spiro atoms. The van der Waals surface area contributed by atoms with Crippen LogP contribution in [0.25, 0.3) is 0 Å². The Bertz CT molecular complexity index is 410. The summed E-state index contributed by atoms with van der Waals surface area (Å²) in [6.07, 6.45) is 1.51. The van der Waals surface area contributed by atoms with Gasteiger partial charge >= 0.3 is 5.97 Å². The molecular weight excluding hydrogens is 228 g/mol. The SMILES string of the molecule is COC(=O)C(C)Nc1nccc(C(N)=S)n1. The zero-order valence-electron chi connectivity index (χ0n) is 8.93. The van der Waals surface area contributed by atoms with Crippen molar-refractivity contribution in [1.29, 1.82) is 0 Å². The Morgan fingerprint density at radius 3 is 2.94 bits per heavy atom. The first-order valence-corrected chi connectivity index (χ1v) is 4.92. The van der Waals surface area contributed by atoms with Gasteiger partial charge in [-0.3, -0.25) is 0 Å². The molecule has 6 nitrogen and oxygen atoms in total. The second kappa shape index (κ2) is 5.36. The zero-order valence-corrected chi connectivity index (χ0v) is 9.75. The summed E-state index contributed by atoms with van der Waals surface area (Å²) in [5.74, 6) is -0.118. The lowest BCUT2D eigenvalue weighted by atomic mass is 10.3. The first-order valence-electron chi connectivity index (χ1n) is 4.52. The number of hydrogen-bond donors (Lipinski definition) is 2. The molecule has 1 aromatic rings. The number of carbonyl (C=O) groups is 1. The minimum atomic E-state index is -0.536. The molecule has 16 heavy (non-hydrogen) atoms. The molecule has 1 atom stereocenters. The first kappa shape index (κ1) is 12.3. The summed E-state index contributed by atoms with van der Waals surface area (Å²) in [6.45, 7) is 1.64. The van der Waals surface area contributed by atoms with Gasteiger partial charge in [0.2, 0.25) is 5.95 Å². The van der Waals surface area contributed by atoms with Crippen LogP contribution < -0.4 is 11.1 Å². The standard InChI is InChI=1S/C9H12N4O2S/c1-5(8(14)15-2)12-9-11-4-3-6(13-9)7(10)16/h3-5H,1-2H3,(H2,10,16)(H,11,12,13). The average Bonchev–Trinajstić information content (AvgIpc) is 2.28. The average molecular weight is 240 g/mol. The van der Waals surface area contributed by atoms with Crippen LogP contribution in [0.5, 0.6) is 0 Å². The van der Waals surface area contributed by atoms with E-state index in [1.165, 1.54) is 13.3 Å². The molecule has 7 heteroatoms. The molecule has 3 N–H and O–H groups in total. The van der Waals surface area contributed by atoms with Crippen LogP contribution in [-0.2, 0) is 9.53 Å². The maximum atomic E-state index is 11.1. The van der Waals surface area contributed by atoms with Crippen LogP contribution in [0, 0.1) is 0 Å². The molecule has 0 amide bonds. The van der Waals surface area contributed by atoms with Crippen LogP contribution in [0.1, 0.15) is 12.6 Å². The molecule has 0 radical (unpaired) electrons. The summed E-state index contributed by atoms with van der Waals surface area (Å²) < 4.78 is 4.55. The highest BCUT2D eigenvalue weighted by molar-refractivity contribution is 7.80. The monoisotopic (exact) mass is 240 g/mol. The Kier molecular flexibility index (Phi) is 4.12. The highest BCUT2D eigenvalue weighted by atomic mass is 32.1. The van der Waals surface area contributed by atoms with Crippen molar-refractivity contribution in [2.24, 2.45) is 5.73 Å². The van der Waals surface area contributed by atoms with Gasteiger partial charge < -0.3 is 15.8 Å². The lowest BCUT2D eigenvalue weighted by Crippen LogP contribution is -2.28. The maximum absolute atomic E-state index is 11.1. The fourth-order valence-electron chi connectivity index (χ4n) is 0.995. The lowest BCUT2D eigenvalue weighted by molar-refractivity contribution is -0.141. The van der Waals surface area contributed by atoms with E-state index in [-0.39, 0.29) is 10.9 Å². The maximum Gasteiger partial charge on any atom is 0.328 e. The van der Waals surface area contributed by atoms with Crippen molar-refractivity contribution in [2.45, 2.75) is 13.0 Å². The van der Waals surface area contributed by atoms with Crippen molar-refractivity contribution in [3.63, 3.8) is 0 Å². The van der Waals surface area contributed by atoms with Crippen molar-refractivity contribution >= 4 is 29.1 Å². The van der Waals surface area contributed by atoms with E-state index in [9.17, 15) is 4.79 Å². The van der Waals surface area contributed by atoms with Crippen molar-refractivity contribution in [2.75, 3.05) is 12.4 Å². The van der Waals surface area contributed by atoms with E-state index in [0.29, 0.717) is 5.69 Å². The van der Waals surface area contributed by atoms with Crippen LogP contribution >= 0.6 is 12.2 Å². The van der Waals surface area contributed by atoms with Crippen LogP contribution in [-0.4, -0.2) is 34.1 Å². The molecule has 0 fully saturated rings. The minimum absolute atomic E-state index is 0.177. The van der Waals surface area contributed by atoms with E-state index in [0.717, 1.165) is 0 Å². The highest BCUT2D eigenvalue weighted by Gasteiger charge is 2.13. The second-order valence-corrected chi connectivity index (χ2v) is 3.46. The number of nitrogens with zero attached hydrogens (tertiary/aromatic N) is 2. The molecule has 86 valence electrons. The van der Waals surface area contributed by atoms with Crippen molar-refractivity contribution in [1.82, 2.24) is 9.97 Å². The third kappa shape index (κ3) is 3.13. The normalized spacial score (nSPS) is 11.6. The Hall–Kier alpha value is -1.76. The molecule has 0 aliphatic rings. The summed E-state index contributed by atoms with van der Waals surface area (Å²) in [5.41, 5.74) is 5.87. The number of methoxy groups -OCH3 is 1. The molecular formula is C9H12N4O2S. The zero-order chi connectivity index (χ0) is 12.1. The van der Waals surface area contributed by atoms with E-state index in [4.69, 9.17) is 18.0 Å². The predicted molar refractivity (Wildman–Crippen MR) is 63.0 cm³/mol. The van der Waals surface area contributed by atoms with Gasteiger partial charge in [0.15, 0.2) is 0 Å². The Morgan fingerprint density at radius 2 is 2.38 bits per heavy atom. The van der Waals surface area contributed by atoms with Crippen molar-refractivity contribution in [3.8, 4) is 0 Å². The Balaban J connectivity index is 2.78. The van der Waals surface area contributed by atoms with Gasteiger partial charge in [0.25, 0.3) is 0 Å². The van der Waals surface area contributed by atoms with Crippen molar-refractivity contribution < 1.29 is 9.53 Å². The molecule has 0 aromatic carbocycles. The number of thiocarbonyl (C=S) groups is 1. The topological polar surface area (TPSA) is 90.1 Å². The molecule has 1 heterocycles. The molecule has 1 unspecified atom stereocenters. The van der Waals surface area contributed by atoms with E-state index < -0.39 is 12.0 Å². The van der Waals surface area contributed by atoms with Gasteiger partial charge in [-0.05, 0) is 13.0 Å². The van der Waals surface area contributed by atoms with E-state index in [1.807, 2.05) is 0 Å². The number of hydrogen-bond acceptors (Lipinski definition) is 6. The second-order valence-electron chi connectivity index (χ2n) is 3.02. The number of carbonyl (C=O) groups excluding carboxylic acids is 1. The van der Waals surface area contributed by atoms with Crippen LogP contribution in [0.2, 0.25) is 0 Å². The fourth-order valence-corrected chi connectivity index (χ4v) is 1.11. The Labute approximate surface area is 98.2 Å². The molecule has 0 bridgehead atoms. The van der Waals surface area contributed by atoms with Gasteiger partial charge in [-0.2, -0.15) is 0 Å². The number of ether oxygens (including phenoxy) is 1. The summed E-state index contributed by atoms with van der Waals surface area (Å²) in [5, 5.41) is 2.78. The molecule has 0 aliphatic heterocycles. The van der Waals surface area contributed by atoms with Gasteiger partial charge in [-0.15, -0.1) is 0 Å². The summed E-state index contributed by atoms with van der Waals surface area (Å²) in [4.78, 5) is 19.3. The van der Waals surface area contributed by atoms with Crippen LogP contribution in [0.4, 0.5) is 5.95 Å². The third-order valence-corrected chi connectivity index (χ3v) is 2.02. The van der Waals surface area contributed by atoms with Gasteiger partial charge in [-0.25, -0.2) is 14.8 Å². The van der Waals surface area contributed by atoms with E-state index >= 15 is 0 Å². The lowest BCUT2D eigenvalue weighted by Gasteiger charge is -2.11. The number of anilines is 1. The largest absolute Gasteiger partial charge is 0.467 e.